The summed E-state index contributed by atoms with van der Waals surface area (Å²) in [6.45, 7) is 3.74. The highest BCUT2D eigenvalue weighted by Crippen LogP contribution is 2.26. The van der Waals surface area contributed by atoms with Crippen molar-refractivity contribution in [2.45, 2.75) is 13.8 Å². The van der Waals surface area contributed by atoms with Gasteiger partial charge in [-0.15, -0.1) is 0 Å². The Kier molecular flexibility index (Phi) is 3.00. The van der Waals surface area contributed by atoms with E-state index in [1.54, 1.807) is 13.0 Å². The van der Waals surface area contributed by atoms with Gasteiger partial charge in [0, 0.05) is 5.69 Å². The monoisotopic (exact) mass is 230 g/mol. The van der Waals surface area contributed by atoms with Gasteiger partial charge >= 0.3 is 0 Å². The maximum absolute atomic E-state index is 13.3. The molecule has 0 aliphatic heterocycles. The summed E-state index contributed by atoms with van der Waals surface area (Å²) in [5, 5.41) is 3.19. The van der Waals surface area contributed by atoms with Crippen LogP contribution in [0.2, 0.25) is 0 Å². The molecule has 2 nitrogen and oxygen atoms in total. The Morgan fingerprint density at radius 2 is 1.88 bits per heavy atom. The molecule has 88 valence electrons. The lowest BCUT2D eigenvalue weighted by Gasteiger charge is -2.11. The molecule has 3 N–H and O–H groups in total. The minimum atomic E-state index is -0.280. The van der Waals surface area contributed by atoms with E-state index < -0.39 is 0 Å². The number of hydrogen-bond donors (Lipinski definition) is 2. The van der Waals surface area contributed by atoms with Crippen molar-refractivity contribution in [2.75, 3.05) is 11.1 Å². The first-order valence-electron chi connectivity index (χ1n) is 5.45. The molecular weight excluding hydrogens is 215 g/mol. The molecule has 0 saturated heterocycles. The summed E-state index contributed by atoms with van der Waals surface area (Å²) in [4.78, 5) is 0. The van der Waals surface area contributed by atoms with E-state index in [1.807, 2.05) is 31.2 Å². The van der Waals surface area contributed by atoms with Crippen molar-refractivity contribution in [1.82, 2.24) is 0 Å². The molecule has 2 rings (SSSR count). The number of halogens is 1. The molecule has 0 aliphatic carbocycles. The van der Waals surface area contributed by atoms with Crippen LogP contribution in [0.1, 0.15) is 11.1 Å². The molecule has 0 aliphatic rings. The zero-order valence-corrected chi connectivity index (χ0v) is 9.92. The fourth-order valence-electron chi connectivity index (χ4n) is 1.68. The fourth-order valence-corrected chi connectivity index (χ4v) is 1.68. The van der Waals surface area contributed by atoms with Gasteiger partial charge in [0.1, 0.15) is 5.82 Å². The Morgan fingerprint density at radius 1 is 1.12 bits per heavy atom. The van der Waals surface area contributed by atoms with Gasteiger partial charge in [-0.1, -0.05) is 12.1 Å². The van der Waals surface area contributed by atoms with E-state index in [9.17, 15) is 4.39 Å². The van der Waals surface area contributed by atoms with E-state index in [-0.39, 0.29) is 5.82 Å². The average molecular weight is 230 g/mol. The zero-order chi connectivity index (χ0) is 12.4. The van der Waals surface area contributed by atoms with E-state index >= 15 is 0 Å². The molecule has 0 radical (unpaired) electrons. The van der Waals surface area contributed by atoms with E-state index in [1.165, 1.54) is 6.07 Å². The van der Waals surface area contributed by atoms with Crippen molar-refractivity contribution in [3.63, 3.8) is 0 Å². The maximum atomic E-state index is 13.3. The van der Waals surface area contributed by atoms with Crippen molar-refractivity contribution in [3.05, 3.63) is 53.3 Å². The highest BCUT2D eigenvalue weighted by Gasteiger charge is 2.05. The molecule has 0 spiro atoms. The van der Waals surface area contributed by atoms with Crippen LogP contribution in [-0.2, 0) is 0 Å². The van der Waals surface area contributed by atoms with E-state index in [0.717, 1.165) is 16.9 Å². The lowest BCUT2D eigenvalue weighted by molar-refractivity contribution is 0.619. The second-order valence-corrected chi connectivity index (χ2v) is 4.18. The van der Waals surface area contributed by atoms with Gasteiger partial charge in [0.05, 0.1) is 11.4 Å². The Labute approximate surface area is 100 Å². The number of nitrogens with two attached hydrogens (primary N) is 1. The molecular formula is C14H15FN2. The van der Waals surface area contributed by atoms with E-state index in [0.29, 0.717) is 11.3 Å². The van der Waals surface area contributed by atoms with Crippen LogP contribution in [0.25, 0.3) is 0 Å². The van der Waals surface area contributed by atoms with Gasteiger partial charge in [0.2, 0.25) is 0 Å². The minimum Gasteiger partial charge on any atom is -0.397 e. The number of hydrogen-bond acceptors (Lipinski definition) is 2. The topological polar surface area (TPSA) is 38.0 Å². The second-order valence-electron chi connectivity index (χ2n) is 4.18. The predicted octanol–water partition coefficient (Wildman–Crippen LogP) is 3.77. The summed E-state index contributed by atoms with van der Waals surface area (Å²) in [7, 11) is 0. The van der Waals surface area contributed by atoms with Gasteiger partial charge in [-0.2, -0.15) is 0 Å². The summed E-state index contributed by atoms with van der Waals surface area (Å²) in [5.74, 6) is -0.280. The molecule has 3 heteroatoms. The SMILES string of the molecule is Cc1cccc(Nc2cc(C)c(F)cc2N)c1. The third kappa shape index (κ3) is 2.56. The van der Waals surface area contributed by atoms with Crippen LogP contribution in [0.5, 0.6) is 0 Å². The normalized spacial score (nSPS) is 10.3. The van der Waals surface area contributed by atoms with Gasteiger partial charge in [0.15, 0.2) is 0 Å². The molecule has 0 saturated carbocycles. The van der Waals surface area contributed by atoms with Gasteiger partial charge in [0.25, 0.3) is 0 Å². The van der Waals surface area contributed by atoms with Crippen molar-refractivity contribution in [2.24, 2.45) is 0 Å². The molecule has 0 atom stereocenters. The first-order valence-corrected chi connectivity index (χ1v) is 5.45. The van der Waals surface area contributed by atoms with Crippen LogP contribution in [0.4, 0.5) is 21.5 Å². The highest BCUT2D eigenvalue weighted by atomic mass is 19.1. The second kappa shape index (κ2) is 4.45. The third-order valence-corrected chi connectivity index (χ3v) is 2.63. The summed E-state index contributed by atoms with van der Waals surface area (Å²) in [6, 6.07) is 11.0. The Hall–Kier alpha value is -2.03. The highest BCUT2D eigenvalue weighted by molar-refractivity contribution is 5.73. The predicted molar refractivity (Wildman–Crippen MR) is 70.0 cm³/mol. The molecule has 0 heterocycles. The van der Waals surface area contributed by atoms with Crippen LogP contribution in [-0.4, -0.2) is 0 Å². The zero-order valence-electron chi connectivity index (χ0n) is 9.92. The van der Waals surface area contributed by atoms with Gasteiger partial charge < -0.3 is 11.1 Å². The lowest BCUT2D eigenvalue weighted by atomic mass is 10.1. The molecule has 2 aromatic carbocycles. The largest absolute Gasteiger partial charge is 0.397 e. The molecule has 17 heavy (non-hydrogen) atoms. The van der Waals surface area contributed by atoms with Crippen LogP contribution in [0.3, 0.4) is 0 Å². The van der Waals surface area contributed by atoms with Crippen LogP contribution in [0, 0.1) is 19.7 Å². The summed E-state index contributed by atoms with van der Waals surface area (Å²) in [5.41, 5.74) is 9.60. The third-order valence-electron chi connectivity index (χ3n) is 2.63. The Balaban J connectivity index is 2.33. The first kappa shape index (κ1) is 11.5. The van der Waals surface area contributed by atoms with Crippen LogP contribution in [0.15, 0.2) is 36.4 Å². The van der Waals surface area contributed by atoms with Crippen LogP contribution < -0.4 is 11.1 Å². The van der Waals surface area contributed by atoms with Gasteiger partial charge in [-0.3, -0.25) is 0 Å². The summed E-state index contributed by atoms with van der Waals surface area (Å²) < 4.78 is 13.3. The number of aryl methyl sites for hydroxylation is 2. The number of nitrogens with one attached hydrogen (secondary N) is 1. The van der Waals surface area contributed by atoms with Crippen molar-refractivity contribution in [1.29, 1.82) is 0 Å². The van der Waals surface area contributed by atoms with E-state index in [4.69, 9.17) is 5.73 Å². The lowest BCUT2D eigenvalue weighted by Crippen LogP contribution is -1.98. The van der Waals surface area contributed by atoms with Crippen molar-refractivity contribution in [3.8, 4) is 0 Å². The van der Waals surface area contributed by atoms with Gasteiger partial charge in [-0.25, -0.2) is 4.39 Å². The number of anilines is 3. The molecule has 0 aromatic heterocycles. The number of nitrogen functional groups attached to an aromatic ring is 1. The van der Waals surface area contributed by atoms with Crippen LogP contribution >= 0.6 is 0 Å². The molecule has 0 bridgehead atoms. The quantitative estimate of drug-likeness (QED) is 0.771. The minimum absolute atomic E-state index is 0.280. The molecule has 0 fully saturated rings. The Morgan fingerprint density at radius 3 is 2.59 bits per heavy atom. The fraction of sp³-hybridized carbons (Fsp3) is 0.143. The maximum Gasteiger partial charge on any atom is 0.128 e. The first-order chi connectivity index (χ1) is 8.06. The van der Waals surface area contributed by atoms with Crippen molar-refractivity contribution < 1.29 is 4.39 Å². The van der Waals surface area contributed by atoms with Crippen molar-refractivity contribution >= 4 is 17.1 Å². The molecule has 0 unspecified atom stereocenters. The van der Waals surface area contributed by atoms with Gasteiger partial charge in [-0.05, 0) is 49.2 Å². The van der Waals surface area contributed by atoms with E-state index in [2.05, 4.69) is 5.32 Å². The average Bonchev–Trinajstić information content (AvgIpc) is 2.26. The summed E-state index contributed by atoms with van der Waals surface area (Å²) in [6.07, 6.45) is 0. The smallest absolute Gasteiger partial charge is 0.128 e. The number of benzene rings is 2. The Bertz CT molecular complexity index is 550. The molecule has 2 aromatic rings. The molecule has 0 amide bonds. The summed E-state index contributed by atoms with van der Waals surface area (Å²) >= 11 is 0. The standard InChI is InChI=1S/C14H15FN2/c1-9-4-3-5-11(6-9)17-14-7-10(2)12(15)8-13(14)16/h3-8,17H,16H2,1-2H3. The number of rotatable bonds is 2.